The first-order valence-electron chi connectivity index (χ1n) is 9.00. The lowest BCUT2D eigenvalue weighted by Crippen LogP contribution is -2.26. The van der Waals surface area contributed by atoms with Gasteiger partial charge >= 0.3 is 5.97 Å². The standard InChI is InChI=1S/C22H22N2O4S/c1-3-19(23-29(27,28)14-13-17-9-5-4-6-10-17)22-16(2)24(15-21(25)26)20-12-8-7-11-18(20)22/h3-14,19,23H,1,15H2,2H3,(H,25,26). The van der Waals surface area contributed by atoms with Crippen molar-refractivity contribution in [1.29, 1.82) is 0 Å². The highest BCUT2D eigenvalue weighted by Crippen LogP contribution is 2.32. The molecule has 7 heteroatoms. The largest absolute Gasteiger partial charge is 0.480 e. The van der Waals surface area contributed by atoms with E-state index in [2.05, 4.69) is 11.3 Å². The molecule has 0 bridgehead atoms. The summed E-state index contributed by atoms with van der Waals surface area (Å²) < 4.78 is 29.6. The smallest absolute Gasteiger partial charge is 0.323 e. The molecule has 0 saturated carbocycles. The van der Waals surface area contributed by atoms with Crippen LogP contribution in [0.2, 0.25) is 0 Å². The van der Waals surface area contributed by atoms with Gasteiger partial charge in [-0.15, -0.1) is 6.58 Å². The van der Waals surface area contributed by atoms with Gasteiger partial charge in [0.15, 0.2) is 0 Å². The van der Waals surface area contributed by atoms with Gasteiger partial charge < -0.3 is 9.67 Å². The Balaban J connectivity index is 1.99. The van der Waals surface area contributed by atoms with Crippen LogP contribution in [0.1, 0.15) is 22.9 Å². The molecule has 0 fully saturated rings. The molecular formula is C22H22N2O4S. The number of hydrogen-bond acceptors (Lipinski definition) is 3. The summed E-state index contributed by atoms with van der Waals surface area (Å²) in [6.45, 7) is 5.35. The Kier molecular flexibility index (Phi) is 6.00. The molecule has 0 saturated heterocycles. The van der Waals surface area contributed by atoms with Crippen molar-refractivity contribution in [2.75, 3.05) is 0 Å². The van der Waals surface area contributed by atoms with Crippen LogP contribution >= 0.6 is 0 Å². The lowest BCUT2D eigenvalue weighted by atomic mass is 10.0. The number of carboxylic acid groups (broad SMARTS) is 1. The zero-order valence-electron chi connectivity index (χ0n) is 15.9. The summed E-state index contributed by atoms with van der Waals surface area (Å²) in [7, 11) is -3.77. The van der Waals surface area contributed by atoms with Gasteiger partial charge in [0.1, 0.15) is 6.54 Å². The third-order valence-corrected chi connectivity index (χ3v) is 5.73. The van der Waals surface area contributed by atoms with Gasteiger partial charge in [-0.2, -0.15) is 0 Å². The lowest BCUT2D eigenvalue weighted by molar-refractivity contribution is -0.137. The van der Waals surface area contributed by atoms with Gasteiger partial charge in [-0.1, -0.05) is 54.6 Å². The normalized spacial score (nSPS) is 13.0. The predicted molar refractivity (Wildman–Crippen MR) is 115 cm³/mol. The molecule has 1 atom stereocenters. The Morgan fingerprint density at radius 3 is 2.48 bits per heavy atom. The van der Waals surface area contributed by atoms with Crippen LogP contribution in [0.25, 0.3) is 17.0 Å². The maximum Gasteiger partial charge on any atom is 0.323 e. The second-order valence-electron chi connectivity index (χ2n) is 6.59. The monoisotopic (exact) mass is 410 g/mol. The molecule has 0 aliphatic heterocycles. The maximum absolute atomic E-state index is 12.6. The van der Waals surface area contributed by atoms with Crippen molar-refractivity contribution in [3.63, 3.8) is 0 Å². The number of aliphatic carboxylic acids is 1. The molecule has 2 N–H and O–H groups in total. The van der Waals surface area contributed by atoms with Crippen LogP contribution in [-0.4, -0.2) is 24.1 Å². The Morgan fingerprint density at radius 2 is 1.83 bits per heavy atom. The fourth-order valence-corrected chi connectivity index (χ4v) is 4.35. The van der Waals surface area contributed by atoms with Crippen molar-refractivity contribution in [1.82, 2.24) is 9.29 Å². The number of carboxylic acids is 1. The fraction of sp³-hybridized carbons (Fsp3) is 0.136. The van der Waals surface area contributed by atoms with Crippen LogP contribution in [0.4, 0.5) is 0 Å². The van der Waals surface area contributed by atoms with Gasteiger partial charge in [0, 0.05) is 27.6 Å². The molecule has 0 radical (unpaired) electrons. The molecule has 3 rings (SSSR count). The molecule has 0 aliphatic carbocycles. The van der Waals surface area contributed by atoms with E-state index >= 15 is 0 Å². The van der Waals surface area contributed by atoms with E-state index in [0.717, 1.165) is 21.9 Å². The SMILES string of the molecule is C=CC(NS(=O)(=O)C=Cc1ccccc1)c1c(C)n(CC(=O)O)c2ccccc12. The number of nitrogens with zero attached hydrogens (tertiary/aromatic N) is 1. The molecule has 1 heterocycles. The Labute approximate surface area is 169 Å². The number of sulfonamides is 1. The molecule has 0 amide bonds. The maximum atomic E-state index is 12.6. The number of benzene rings is 2. The molecular weight excluding hydrogens is 388 g/mol. The van der Waals surface area contributed by atoms with E-state index in [1.165, 1.54) is 12.2 Å². The summed E-state index contributed by atoms with van der Waals surface area (Å²) >= 11 is 0. The van der Waals surface area contributed by atoms with Gasteiger partial charge in [0.2, 0.25) is 10.0 Å². The van der Waals surface area contributed by atoms with Gasteiger partial charge in [0.05, 0.1) is 6.04 Å². The number of rotatable bonds is 8. The van der Waals surface area contributed by atoms with E-state index in [4.69, 9.17) is 0 Å². The Hall–Kier alpha value is -3.16. The average Bonchev–Trinajstić information content (AvgIpc) is 2.97. The third kappa shape index (κ3) is 4.64. The lowest BCUT2D eigenvalue weighted by Gasteiger charge is -2.15. The van der Waals surface area contributed by atoms with E-state index in [9.17, 15) is 18.3 Å². The zero-order chi connectivity index (χ0) is 21.0. The minimum atomic E-state index is -3.77. The number of nitrogens with one attached hydrogen (secondary N) is 1. The summed E-state index contributed by atoms with van der Waals surface area (Å²) in [5.74, 6) is -0.970. The Morgan fingerprint density at radius 1 is 1.17 bits per heavy atom. The molecule has 1 aromatic heterocycles. The highest BCUT2D eigenvalue weighted by molar-refractivity contribution is 7.92. The van der Waals surface area contributed by atoms with Gasteiger partial charge in [-0.05, 0) is 24.6 Å². The van der Waals surface area contributed by atoms with Crippen LogP contribution in [0, 0.1) is 6.92 Å². The van der Waals surface area contributed by atoms with Crippen molar-refractivity contribution in [3.05, 3.63) is 89.5 Å². The number of para-hydroxylation sites is 1. The highest BCUT2D eigenvalue weighted by atomic mass is 32.2. The molecule has 1 unspecified atom stereocenters. The second kappa shape index (κ2) is 8.46. The number of hydrogen-bond donors (Lipinski definition) is 2. The average molecular weight is 410 g/mol. The molecule has 0 spiro atoms. The van der Waals surface area contributed by atoms with E-state index < -0.39 is 22.0 Å². The van der Waals surface area contributed by atoms with Crippen LogP contribution in [0.3, 0.4) is 0 Å². The quantitative estimate of drug-likeness (QED) is 0.552. The van der Waals surface area contributed by atoms with Crippen LogP contribution < -0.4 is 4.72 Å². The highest BCUT2D eigenvalue weighted by Gasteiger charge is 2.23. The summed E-state index contributed by atoms with van der Waals surface area (Å²) in [6, 6.07) is 15.7. The minimum absolute atomic E-state index is 0.211. The van der Waals surface area contributed by atoms with Gasteiger partial charge in [0.25, 0.3) is 0 Å². The molecule has 6 nitrogen and oxygen atoms in total. The second-order valence-corrected chi connectivity index (χ2v) is 8.18. The van der Waals surface area contributed by atoms with Crippen molar-refractivity contribution in [2.45, 2.75) is 19.5 Å². The van der Waals surface area contributed by atoms with Crippen molar-refractivity contribution in [3.8, 4) is 0 Å². The summed E-state index contributed by atoms with van der Waals surface area (Å²) in [4.78, 5) is 11.3. The molecule has 3 aromatic rings. The summed E-state index contributed by atoms with van der Waals surface area (Å²) in [6.07, 6.45) is 3.02. The minimum Gasteiger partial charge on any atom is -0.480 e. The first kappa shape index (κ1) is 20.6. The van der Waals surface area contributed by atoms with Crippen molar-refractivity contribution >= 4 is 33.0 Å². The molecule has 0 aliphatic rings. The fourth-order valence-electron chi connectivity index (χ4n) is 3.36. The third-order valence-electron chi connectivity index (χ3n) is 4.65. The van der Waals surface area contributed by atoms with Crippen LogP contribution in [-0.2, 0) is 21.4 Å². The number of aromatic nitrogens is 1. The van der Waals surface area contributed by atoms with E-state index in [1.807, 2.05) is 42.5 Å². The van der Waals surface area contributed by atoms with E-state index in [0.29, 0.717) is 11.3 Å². The number of fused-ring (bicyclic) bond motifs is 1. The van der Waals surface area contributed by atoms with Crippen molar-refractivity contribution in [2.24, 2.45) is 0 Å². The predicted octanol–water partition coefficient (Wildman–Crippen LogP) is 3.85. The zero-order valence-corrected chi connectivity index (χ0v) is 16.8. The molecule has 2 aromatic carbocycles. The first-order chi connectivity index (χ1) is 13.8. The van der Waals surface area contributed by atoms with E-state index in [1.54, 1.807) is 23.6 Å². The first-order valence-corrected chi connectivity index (χ1v) is 10.5. The van der Waals surface area contributed by atoms with Gasteiger partial charge in [-0.3, -0.25) is 4.79 Å². The van der Waals surface area contributed by atoms with Crippen LogP contribution in [0.15, 0.2) is 72.7 Å². The van der Waals surface area contributed by atoms with Crippen LogP contribution in [0.5, 0.6) is 0 Å². The summed E-state index contributed by atoms with van der Waals surface area (Å²) in [5.41, 5.74) is 2.86. The molecule has 150 valence electrons. The Bertz CT molecular complexity index is 1180. The van der Waals surface area contributed by atoms with Gasteiger partial charge in [-0.25, -0.2) is 13.1 Å². The number of carbonyl (C=O) groups is 1. The molecule has 29 heavy (non-hydrogen) atoms. The summed E-state index contributed by atoms with van der Waals surface area (Å²) in [5, 5.41) is 11.2. The van der Waals surface area contributed by atoms with E-state index in [-0.39, 0.29) is 6.54 Å². The van der Waals surface area contributed by atoms with Crippen molar-refractivity contribution < 1.29 is 18.3 Å². The topological polar surface area (TPSA) is 88.4 Å².